The first-order valence-electron chi connectivity index (χ1n) is 6.59. The van der Waals surface area contributed by atoms with Gasteiger partial charge >= 0.3 is 0 Å². The molecule has 0 aliphatic heterocycles. The number of nitrogens with zero attached hydrogens (tertiary/aromatic N) is 1. The second kappa shape index (κ2) is 5.58. The summed E-state index contributed by atoms with van der Waals surface area (Å²) in [5, 5.41) is 12.0. The summed E-state index contributed by atoms with van der Waals surface area (Å²) in [6.07, 6.45) is 0. The second-order valence-corrected chi connectivity index (χ2v) is 5.86. The number of hydrogen-bond acceptors (Lipinski definition) is 3. The van der Waals surface area contributed by atoms with Crippen LogP contribution in [0.2, 0.25) is 0 Å². The average Bonchev–Trinajstić information content (AvgIpc) is 2.86. The van der Waals surface area contributed by atoms with Crippen molar-refractivity contribution in [3.8, 4) is 6.07 Å². The van der Waals surface area contributed by atoms with Gasteiger partial charge in [-0.2, -0.15) is 5.26 Å². The molecule has 1 aromatic heterocycles. The van der Waals surface area contributed by atoms with E-state index in [2.05, 4.69) is 5.32 Å². The Hall–Kier alpha value is -2.71. The van der Waals surface area contributed by atoms with Crippen molar-refractivity contribution in [3.05, 3.63) is 64.3 Å². The van der Waals surface area contributed by atoms with Gasteiger partial charge < -0.3 is 5.32 Å². The average molecular weight is 310 g/mol. The quantitative estimate of drug-likeness (QED) is 0.759. The molecule has 1 heterocycles. The van der Waals surface area contributed by atoms with Crippen LogP contribution in [0.4, 0.5) is 10.1 Å². The second-order valence-electron chi connectivity index (χ2n) is 4.81. The van der Waals surface area contributed by atoms with Crippen molar-refractivity contribution in [3.63, 3.8) is 0 Å². The lowest BCUT2D eigenvalue weighted by Crippen LogP contribution is -2.11. The third-order valence-corrected chi connectivity index (χ3v) is 4.64. The normalized spacial score (nSPS) is 10.4. The molecule has 1 N–H and O–H groups in total. The first kappa shape index (κ1) is 14.2. The summed E-state index contributed by atoms with van der Waals surface area (Å²) in [6, 6.07) is 13.4. The van der Waals surface area contributed by atoms with E-state index in [4.69, 9.17) is 5.26 Å². The number of hydrogen-bond donors (Lipinski definition) is 1. The Labute approximate surface area is 130 Å². The van der Waals surface area contributed by atoms with Crippen LogP contribution >= 0.6 is 11.3 Å². The van der Waals surface area contributed by atoms with Crippen LogP contribution < -0.4 is 5.32 Å². The summed E-state index contributed by atoms with van der Waals surface area (Å²) < 4.78 is 14.6. The molecular weight excluding hydrogens is 299 g/mol. The van der Waals surface area contributed by atoms with Crippen LogP contribution in [-0.4, -0.2) is 5.91 Å². The smallest absolute Gasteiger partial charge is 0.266 e. The van der Waals surface area contributed by atoms with E-state index in [-0.39, 0.29) is 11.7 Å². The van der Waals surface area contributed by atoms with Crippen molar-refractivity contribution in [1.29, 1.82) is 5.26 Å². The van der Waals surface area contributed by atoms with Crippen LogP contribution in [0.1, 0.15) is 20.8 Å². The molecule has 1 amide bonds. The number of nitriles is 1. The van der Waals surface area contributed by atoms with Gasteiger partial charge in [0, 0.05) is 15.8 Å². The number of amides is 1. The van der Waals surface area contributed by atoms with Gasteiger partial charge in [0.1, 0.15) is 5.82 Å². The zero-order valence-corrected chi connectivity index (χ0v) is 12.5. The SMILES string of the molecule is Cc1c(C(=O)Nc2ccc(C#N)cc2)sc2cccc(F)c12. The number of nitrogens with one attached hydrogen (secondary N) is 1. The molecule has 108 valence electrons. The number of halogens is 1. The van der Waals surface area contributed by atoms with Gasteiger partial charge in [0.2, 0.25) is 0 Å². The van der Waals surface area contributed by atoms with Crippen molar-refractivity contribution < 1.29 is 9.18 Å². The monoisotopic (exact) mass is 310 g/mol. The Kier molecular flexibility index (Phi) is 3.61. The fourth-order valence-corrected chi connectivity index (χ4v) is 3.40. The van der Waals surface area contributed by atoms with Gasteiger partial charge in [-0.25, -0.2) is 4.39 Å². The number of carbonyl (C=O) groups is 1. The maximum atomic E-state index is 13.9. The number of carbonyl (C=O) groups excluding carboxylic acids is 1. The highest BCUT2D eigenvalue weighted by atomic mass is 32.1. The lowest BCUT2D eigenvalue weighted by atomic mass is 10.1. The van der Waals surface area contributed by atoms with Gasteiger partial charge in [-0.1, -0.05) is 6.07 Å². The van der Waals surface area contributed by atoms with Gasteiger partial charge in [-0.05, 0) is 48.9 Å². The lowest BCUT2D eigenvalue weighted by Gasteiger charge is -2.04. The van der Waals surface area contributed by atoms with E-state index in [9.17, 15) is 9.18 Å². The predicted octanol–water partition coefficient (Wildman–Crippen LogP) is 4.47. The highest BCUT2D eigenvalue weighted by Gasteiger charge is 2.17. The van der Waals surface area contributed by atoms with Crippen molar-refractivity contribution in [2.24, 2.45) is 0 Å². The highest BCUT2D eigenvalue weighted by molar-refractivity contribution is 7.21. The third-order valence-electron chi connectivity index (χ3n) is 3.38. The molecule has 0 aliphatic carbocycles. The number of anilines is 1. The van der Waals surface area contributed by atoms with E-state index in [0.717, 1.165) is 4.70 Å². The Morgan fingerprint density at radius 3 is 2.59 bits per heavy atom. The molecule has 0 aliphatic rings. The maximum Gasteiger partial charge on any atom is 0.266 e. The van der Waals surface area contributed by atoms with Crippen LogP contribution in [0.3, 0.4) is 0 Å². The van der Waals surface area contributed by atoms with Gasteiger partial charge in [-0.3, -0.25) is 4.79 Å². The molecule has 0 bridgehead atoms. The molecule has 0 saturated carbocycles. The highest BCUT2D eigenvalue weighted by Crippen LogP contribution is 2.33. The van der Waals surface area contributed by atoms with E-state index in [1.807, 2.05) is 6.07 Å². The summed E-state index contributed by atoms with van der Waals surface area (Å²) in [5.74, 6) is -0.591. The minimum Gasteiger partial charge on any atom is -0.321 e. The standard InChI is InChI=1S/C17H11FN2OS/c1-10-15-13(18)3-2-4-14(15)22-16(10)17(21)20-12-7-5-11(9-19)6-8-12/h2-8H,1H3,(H,20,21). The van der Waals surface area contributed by atoms with E-state index < -0.39 is 0 Å². The molecule has 3 rings (SSSR count). The molecule has 3 nitrogen and oxygen atoms in total. The molecule has 0 spiro atoms. The van der Waals surface area contributed by atoms with Gasteiger partial charge in [-0.15, -0.1) is 11.3 Å². The van der Waals surface area contributed by atoms with Crippen LogP contribution in [0.5, 0.6) is 0 Å². The predicted molar refractivity (Wildman–Crippen MR) is 85.6 cm³/mol. The topological polar surface area (TPSA) is 52.9 Å². The first-order valence-corrected chi connectivity index (χ1v) is 7.41. The molecular formula is C17H11FN2OS. The summed E-state index contributed by atoms with van der Waals surface area (Å²) in [6.45, 7) is 1.75. The molecule has 0 saturated heterocycles. The van der Waals surface area contributed by atoms with E-state index in [0.29, 0.717) is 27.1 Å². The largest absolute Gasteiger partial charge is 0.321 e. The molecule has 2 aromatic carbocycles. The van der Waals surface area contributed by atoms with Gasteiger partial charge in [0.15, 0.2) is 0 Å². The zero-order valence-electron chi connectivity index (χ0n) is 11.7. The molecule has 22 heavy (non-hydrogen) atoms. The van der Waals surface area contributed by atoms with Crippen molar-refractivity contribution in [2.45, 2.75) is 6.92 Å². The van der Waals surface area contributed by atoms with Crippen LogP contribution in [0.15, 0.2) is 42.5 Å². The Morgan fingerprint density at radius 2 is 1.95 bits per heavy atom. The lowest BCUT2D eigenvalue weighted by molar-refractivity contribution is 0.103. The number of aryl methyl sites for hydroxylation is 1. The zero-order chi connectivity index (χ0) is 15.7. The van der Waals surface area contributed by atoms with E-state index >= 15 is 0 Å². The number of fused-ring (bicyclic) bond motifs is 1. The number of rotatable bonds is 2. The number of benzene rings is 2. The van der Waals surface area contributed by atoms with E-state index in [1.165, 1.54) is 17.4 Å². The fourth-order valence-electron chi connectivity index (χ4n) is 2.29. The van der Waals surface area contributed by atoms with Crippen molar-refractivity contribution >= 4 is 33.0 Å². The van der Waals surface area contributed by atoms with Crippen LogP contribution in [0, 0.1) is 24.1 Å². The van der Waals surface area contributed by atoms with Gasteiger partial charge in [0.05, 0.1) is 16.5 Å². The maximum absolute atomic E-state index is 13.9. The molecule has 3 aromatic rings. The Balaban J connectivity index is 1.93. The molecule has 0 radical (unpaired) electrons. The summed E-state index contributed by atoms with van der Waals surface area (Å²) >= 11 is 1.27. The minimum atomic E-state index is -0.316. The van der Waals surface area contributed by atoms with Gasteiger partial charge in [0.25, 0.3) is 5.91 Å². The Morgan fingerprint density at radius 1 is 1.23 bits per heavy atom. The van der Waals surface area contributed by atoms with Crippen LogP contribution in [-0.2, 0) is 0 Å². The molecule has 0 unspecified atom stereocenters. The molecule has 0 fully saturated rings. The van der Waals surface area contributed by atoms with E-state index in [1.54, 1.807) is 43.3 Å². The fraction of sp³-hybridized carbons (Fsp3) is 0.0588. The first-order chi connectivity index (χ1) is 10.6. The molecule has 0 atom stereocenters. The summed E-state index contributed by atoms with van der Waals surface area (Å²) in [4.78, 5) is 12.9. The Bertz CT molecular complexity index is 907. The summed E-state index contributed by atoms with van der Waals surface area (Å²) in [7, 11) is 0. The third kappa shape index (κ3) is 2.45. The van der Waals surface area contributed by atoms with Crippen LogP contribution in [0.25, 0.3) is 10.1 Å². The van der Waals surface area contributed by atoms with Crippen molar-refractivity contribution in [2.75, 3.05) is 5.32 Å². The summed E-state index contributed by atoms with van der Waals surface area (Å²) in [5.41, 5.74) is 1.77. The molecule has 5 heteroatoms. The number of thiophene rings is 1. The van der Waals surface area contributed by atoms with Crippen molar-refractivity contribution in [1.82, 2.24) is 0 Å². The minimum absolute atomic E-state index is 0.275.